The Bertz CT molecular complexity index is 733. The zero-order chi connectivity index (χ0) is 15.6. The number of benzene rings is 2. The van der Waals surface area contributed by atoms with Gasteiger partial charge in [0.2, 0.25) is 0 Å². The maximum atomic E-state index is 13.3. The van der Waals surface area contributed by atoms with E-state index in [4.69, 9.17) is 16.7 Å². The summed E-state index contributed by atoms with van der Waals surface area (Å²) in [5.74, 6) is -3.12. The minimum Gasteiger partial charge on any atom is -0.507 e. The van der Waals surface area contributed by atoms with Crippen LogP contribution in [0.15, 0.2) is 36.4 Å². The highest BCUT2D eigenvalue weighted by atomic mass is 35.5. The Hall–Kier alpha value is -2.60. The lowest BCUT2D eigenvalue weighted by atomic mass is 10.1. The highest BCUT2D eigenvalue weighted by Gasteiger charge is 2.13. The number of hydrogen-bond acceptors (Lipinski definition) is 3. The van der Waals surface area contributed by atoms with Crippen molar-refractivity contribution < 1.29 is 24.2 Å². The number of rotatable bonds is 3. The van der Waals surface area contributed by atoms with Gasteiger partial charge < -0.3 is 15.5 Å². The molecule has 0 aliphatic rings. The van der Waals surface area contributed by atoms with Crippen LogP contribution in [-0.4, -0.2) is 22.1 Å². The molecule has 0 fully saturated rings. The van der Waals surface area contributed by atoms with Crippen molar-refractivity contribution in [1.29, 1.82) is 0 Å². The number of carboxylic acid groups (broad SMARTS) is 1. The van der Waals surface area contributed by atoms with Gasteiger partial charge in [0.1, 0.15) is 17.1 Å². The molecule has 0 bridgehead atoms. The Kier molecular flexibility index (Phi) is 4.09. The van der Waals surface area contributed by atoms with Crippen molar-refractivity contribution in [2.75, 3.05) is 5.32 Å². The molecule has 0 aromatic heterocycles. The molecule has 108 valence electrons. The molecule has 7 heteroatoms. The molecule has 2 aromatic rings. The summed E-state index contributed by atoms with van der Waals surface area (Å²) in [4.78, 5) is 22.8. The maximum absolute atomic E-state index is 13.3. The number of nitrogens with one attached hydrogen (secondary N) is 1. The van der Waals surface area contributed by atoms with E-state index in [1.54, 1.807) is 0 Å². The van der Waals surface area contributed by atoms with Crippen molar-refractivity contribution in [1.82, 2.24) is 0 Å². The Morgan fingerprint density at radius 2 is 1.86 bits per heavy atom. The molecule has 0 aliphatic heterocycles. The van der Waals surface area contributed by atoms with Gasteiger partial charge in [0.15, 0.2) is 0 Å². The van der Waals surface area contributed by atoms with E-state index in [1.807, 2.05) is 0 Å². The Morgan fingerprint density at radius 3 is 2.48 bits per heavy atom. The molecular weight excluding hydrogens is 301 g/mol. The van der Waals surface area contributed by atoms with Crippen LogP contribution in [0.4, 0.5) is 10.1 Å². The molecule has 0 radical (unpaired) electrons. The molecule has 0 saturated heterocycles. The van der Waals surface area contributed by atoms with Crippen LogP contribution in [0.1, 0.15) is 20.7 Å². The van der Waals surface area contributed by atoms with E-state index in [9.17, 15) is 19.1 Å². The lowest BCUT2D eigenvalue weighted by Gasteiger charge is -2.07. The zero-order valence-electron chi connectivity index (χ0n) is 10.4. The monoisotopic (exact) mass is 309 g/mol. The number of aromatic hydroxyl groups is 1. The van der Waals surface area contributed by atoms with Crippen molar-refractivity contribution in [2.45, 2.75) is 0 Å². The van der Waals surface area contributed by atoms with Gasteiger partial charge in [-0.15, -0.1) is 0 Å². The lowest BCUT2D eigenvalue weighted by molar-refractivity contribution is 0.0693. The van der Waals surface area contributed by atoms with Crippen molar-refractivity contribution in [2.24, 2.45) is 0 Å². The number of carbonyl (C=O) groups excluding carboxylic acids is 1. The van der Waals surface area contributed by atoms with E-state index in [1.165, 1.54) is 18.2 Å². The third-order valence-electron chi connectivity index (χ3n) is 2.67. The first-order valence-corrected chi connectivity index (χ1v) is 6.09. The molecule has 0 saturated carbocycles. The maximum Gasteiger partial charge on any atom is 0.339 e. The second kappa shape index (κ2) is 5.80. The standard InChI is InChI=1S/C14H9ClFNO4/c15-10-3-1-7(5-11(10)16)13(19)17-8-2-4-12(18)9(6-8)14(20)21/h1-6,18H,(H,17,19)(H,20,21). The smallest absolute Gasteiger partial charge is 0.339 e. The molecule has 2 rings (SSSR count). The number of amides is 1. The molecule has 0 aliphatic carbocycles. The predicted octanol–water partition coefficient (Wildman–Crippen LogP) is 3.14. The molecule has 1 amide bonds. The number of carbonyl (C=O) groups is 2. The summed E-state index contributed by atoms with van der Waals surface area (Å²) in [6.07, 6.45) is 0. The largest absolute Gasteiger partial charge is 0.507 e. The number of halogens is 2. The van der Waals surface area contributed by atoms with E-state index in [2.05, 4.69) is 5.32 Å². The van der Waals surface area contributed by atoms with Gasteiger partial charge in [-0.25, -0.2) is 9.18 Å². The number of anilines is 1. The normalized spacial score (nSPS) is 10.2. The Labute approximate surface area is 123 Å². The fourth-order valence-corrected chi connectivity index (χ4v) is 1.74. The quantitative estimate of drug-likeness (QED) is 0.760. The average molecular weight is 310 g/mol. The van der Waals surface area contributed by atoms with Crippen LogP contribution in [0.25, 0.3) is 0 Å². The average Bonchev–Trinajstić information content (AvgIpc) is 2.43. The van der Waals surface area contributed by atoms with Crippen LogP contribution in [-0.2, 0) is 0 Å². The molecule has 2 aromatic carbocycles. The molecule has 0 unspecified atom stereocenters. The topological polar surface area (TPSA) is 86.6 Å². The van der Waals surface area contributed by atoms with Crippen LogP contribution in [0, 0.1) is 5.82 Å². The van der Waals surface area contributed by atoms with Crippen LogP contribution in [0.5, 0.6) is 5.75 Å². The van der Waals surface area contributed by atoms with Crippen molar-refractivity contribution in [3.63, 3.8) is 0 Å². The minimum absolute atomic E-state index is 0.0295. The first-order chi connectivity index (χ1) is 9.88. The molecule has 0 atom stereocenters. The van der Waals surface area contributed by atoms with Crippen LogP contribution >= 0.6 is 11.6 Å². The molecule has 5 nitrogen and oxygen atoms in total. The molecule has 3 N–H and O–H groups in total. The molecule has 0 spiro atoms. The zero-order valence-corrected chi connectivity index (χ0v) is 11.2. The van der Waals surface area contributed by atoms with Gasteiger partial charge in [-0.2, -0.15) is 0 Å². The summed E-state index contributed by atoms with van der Waals surface area (Å²) in [5.41, 5.74) is -0.164. The van der Waals surface area contributed by atoms with Crippen molar-refractivity contribution >= 4 is 29.2 Å². The summed E-state index contributed by atoms with van der Waals surface area (Å²) in [6, 6.07) is 7.11. The fraction of sp³-hybridized carbons (Fsp3) is 0. The van der Waals surface area contributed by atoms with Gasteiger partial charge in [0.25, 0.3) is 5.91 Å². The van der Waals surface area contributed by atoms with E-state index in [0.29, 0.717) is 0 Å². The van der Waals surface area contributed by atoms with E-state index >= 15 is 0 Å². The first kappa shape index (κ1) is 14.8. The third kappa shape index (κ3) is 3.29. The highest BCUT2D eigenvalue weighted by Crippen LogP contribution is 2.22. The van der Waals surface area contributed by atoms with Crippen molar-refractivity contribution in [3.05, 3.63) is 58.4 Å². The van der Waals surface area contributed by atoms with Gasteiger partial charge in [-0.1, -0.05) is 11.6 Å². The number of carboxylic acids is 1. The summed E-state index contributed by atoms with van der Waals surface area (Å²) in [6.45, 7) is 0. The number of phenols is 1. The SMILES string of the molecule is O=C(Nc1ccc(O)c(C(=O)O)c1)c1ccc(Cl)c(F)c1. The highest BCUT2D eigenvalue weighted by molar-refractivity contribution is 6.30. The Morgan fingerprint density at radius 1 is 1.14 bits per heavy atom. The first-order valence-electron chi connectivity index (χ1n) is 5.71. The van der Waals surface area contributed by atoms with Gasteiger partial charge in [-0.3, -0.25) is 4.79 Å². The minimum atomic E-state index is -1.33. The molecule has 0 heterocycles. The third-order valence-corrected chi connectivity index (χ3v) is 2.97. The van der Waals surface area contributed by atoms with Crippen LogP contribution in [0.3, 0.4) is 0 Å². The van der Waals surface area contributed by atoms with Crippen LogP contribution < -0.4 is 5.32 Å². The fourth-order valence-electron chi connectivity index (χ4n) is 1.63. The molecular formula is C14H9ClFNO4. The van der Waals surface area contributed by atoms with Gasteiger partial charge in [0, 0.05) is 11.3 Å². The van der Waals surface area contributed by atoms with Gasteiger partial charge >= 0.3 is 5.97 Å². The second-order valence-electron chi connectivity index (χ2n) is 4.12. The van der Waals surface area contributed by atoms with Gasteiger partial charge in [0.05, 0.1) is 5.02 Å². The van der Waals surface area contributed by atoms with Crippen LogP contribution in [0.2, 0.25) is 5.02 Å². The van der Waals surface area contributed by atoms with E-state index in [0.717, 1.165) is 18.2 Å². The lowest BCUT2D eigenvalue weighted by Crippen LogP contribution is -2.12. The van der Waals surface area contributed by atoms with Crippen molar-refractivity contribution in [3.8, 4) is 5.75 Å². The van der Waals surface area contributed by atoms with E-state index < -0.39 is 23.4 Å². The summed E-state index contributed by atoms with van der Waals surface area (Å²) < 4.78 is 13.3. The Balaban J connectivity index is 2.25. The van der Waals surface area contributed by atoms with Gasteiger partial charge in [-0.05, 0) is 36.4 Å². The summed E-state index contributed by atoms with van der Waals surface area (Å²) in [5, 5.41) is 20.5. The van der Waals surface area contributed by atoms with E-state index in [-0.39, 0.29) is 21.8 Å². The predicted molar refractivity (Wildman–Crippen MR) is 74.4 cm³/mol. The summed E-state index contributed by atoms with van der Waals surface area (Å²) >= 11 is 5.52. The second-order valence-corrected chi connectivity index (χ2v) is 4.53. The summed E-state index contributed by atoms with van der Waals surface area (Å²) in [7, 11) is 0. The molecule has 21 heavy (non-hydrogen) atoms. The number of aromatic carboxylic acids is 1. The number of hydrogen-bond donors (Lipinski definition) is 3.